The van der Waals surface area contributed by atoms with Crippen molar-refractivity contribution in [1.29, 1.82) is 0 Å². The van der Waals surface area contributed by atoms with Crippen molar-refractivity contribution in [3.63, 3.8) is 0 Å². The monoisotopic (exact) mass is 277 g/mol. The van der Waals surface area contributed by atoms with E-state index in [2.05, 4.69) is 15.3 Å². The van der Waals surface area contributed by atoms with Crippen LogP contribution in [0.2, 0.25) is 0 Å². The minimum atomic E-state index is -2.55. The fourth-order valence-electron chi connectivity index (χ4n) is 1.29. The van der Waals surface area contributed by atoms with E-state index in [9.17, 15) is 13.6 Å². The fourth-order valence-corrected chi connectivity index (χ4v) is 1.61. The molecule has 0 saturated carbocycles. The van der Waals surface area contributed by atoms with Crippen molar-refractivity contribution >= 4 is 24.0 Å². The number of nitrogens with zero attached hydrogens (tertiary/aromatic N) is 1. The first-order valence-corrected chi connectivity index (χ1v) is 5.66. The number of anilines is 1. The number of aryl methyl sites for hydroxylation is 1. The number of carbonyl (C=O) groups is 1. The highest BCUT2D eigenvalue weighted by Gasteiger charge is 2.17. The van der Waals surface area contributed by atoms with E-state index >= 15 is 0 Å². The molecule has 1 rings (SSSR count). The van der Waals surface area contributed by atoms with Gasteiger partial charge in [-0.3, -0.25) is 0 Å². The number of carbonyl (C=O) groups excluding carboxylic acids is 1. The number of rotatable bonds is 5. The molecule has 0 aliphatic heterocycles. The van der Waals surface area contributed by atoms with Crippen LogP contribution in [0.5, 0.6) is 0 Å². The maximum absolute atomic E-state index is 12.2. The number of hydrogen-bond donors (Lipinski definition) is 2. The van der Waals surface area contributed by atoms with Crippen LogP contribution in [0.25, 0.3) is 0 Å². The standard InChI is InChI=1S/C10H13F2N3O2S/c1-3-17-10(16)7-8(13-4-6(11)12)14-5(2)15-9(7)18/h6H,3-4H2,1-2H3,(H2,13,14,15,18). The highest BCUT2D eigenvalue weighted by atomic mass is 32.1. The summed E-state index contributed by atoms with van der Waals surface area (Å²) in [5.41, 5.74) is -0.0295. The number of ether oxygens (including phenoxy) is 1. The summed E-state index contributed by atoms with van der Waals surface area (Å²) in [4.78, 5) is 18.2. The zero-order valence-electron chi connectivity index (χ0n) is 9.92. The molecule has 0 fully saturated rings. The molecular weight excluding hydrogens is 264 g/mol. The molecule has 2 N–H and O–H groups in total. The number of hydrogen-bond acceptors (Lipinski definition) is 5. The minimum Gasteiger partial charge on any atom is -0.462 e. The summed E-state index contributed by atoms with van der Waals surface area (Å²) >= 11 is 4.94. The first-order chi connectivity index (χ1) is 8.45. The van der Waals surface area contributed by atoms with Crippen molar-refractivity contribution in [2.75, 3.05) is 18.5 Å². The predicted octanol–water partition coefficient (Wildman–Crippen LogP) is 2.30. The number of esters is 1. The zero-order valence-corrected chi connectivity index (χ0v) is 10.7. The Kier molecular flexibility index (Phi) is 5.14. The number of nitrogens with one attached hydrogen (secondary N) is 2. The molecule has 100 valence electrons. The molecule has 0 saturated heterocycles. The van der Waals surface area contributed by atoms with Gasteiger partial charge in [-0.2, -0.15) is 0 Å². The van der Waals surface area contributed by atoms with E-state index in [1.54, 1.807) is 13.8 Å². The molecule has 8 heteroatoms. The second kappa shape index (κ2) is 6.39. The average Bonchev–Trinajstić information content (AvgIpc) is 2.25. The van der Waals surface area contributed by atoms with E-state index in [-0.39, 0.29) is 22.6 Å². The maximum Gasteiger partial charge on any atom is 0.344 e. The van der Waals surface area contributed by atoms with Crippen molar-refractivity contribution in [1.82, 2.24) is 9.97 Å². The number of aromatic nitrogens is 2. The molecule has 1 heterocycles. The second-order valence-corrected chi connectivity index (χ2v) is 3.76. The molecule has 0 aromatic carbocycles. The Morgan fingerprint density at radius 3 is 2.83 bits per heavy atom. The van der Waals surface area contributed by atoms with Gasteiger partial charge in [0.25, 0.3) is 6.43 Å². The van der Waals surface area contributed by atoms with Crippen molar-refractivity contribution < 1.29 is 18.3 Å². The lowest BCUT2D eigenvalue weighted by Crippen LogP contribution is -2.17. The number of H-pyrrole nitrogens is 1. The molecule has 0 atom stereocenters. The topological polar surface area (TPSA) is 67.0 Å². The summed E-state index contributed by atoms with van der Waals surface area (Å²) in [7, 11) is 0. The third kappa shape index (κ3) is 3.73. The Balaban J connectivity index is 3.12. The van der Waals surface area contributed by atoms with Crippen LogP contribution in [0.4, 0.5) is 14.6 Å². The first kappa shape index (κ1) is 14.5. The predicted molar refractivity (Wildman–Crippen MR) is 64.6 cm³/mol. The molecule has 1 aromatic rings. The summed E-state index contributed by atoms with van der Waals surface area (Å²) in [6.07, 6.45) is -2.55. The van der Waals surface area contributed by atoms with E-state index in [1.807, 2.05) is 0 Å². The molecule has 5 nitrogen and oxygen atoms in total. The van der Waals surface area contributed by atoms with Crippen LogP contribution >= 0.6 is 12.2 Å². The summed E-state index contributed by atoms with van der Waals surface area (Å²) in [6, 6.07) is 0. The Morgan fingerprint density at radius 1 is 1.61 bits per heavy atom. The van der Waals surface area contributed by atoms with Crippen LogP contribution in [0.3, 0.4) is 0 Å². The van der Waals surface area contributed by atoms with Crippen LogP contribution in [0, 0.1) is 11.6 Å². The minimum absolute atomic E-state index is 0.0152. The Labute approximate surface area is 108 Å². The lowest BCUT2D eigenvalue weighted by molar-refractivity contribution is 0.0525. The van der Waals surface area contributed by atoms with E-state index in [1.165, 1.54) is 0 Å². The van der Waals surface area contributed by atoms with E-state index in [0.29, 0.717) is 5.82 Å². The van der Waals surface area contributed by atoms with Gasteiger partial charge in [-0.05, 0) is 13.8 Å². The number of aromatic amines is 1. The molecule has 0 radical (unpaired) electrons. The van der Waals surface area contributed by atoms with Crippen molar-refractivity contribution in [2.24, 2.45) is 0 Å². The van der Waals surface area contributed by atoms with E-state index in [4.69, 9.17) is 17.0 Å². The van der Waals surface area contributed by atoms with E-state index < -0.39 is 18.9 Å². The molecule has 18 heavy (non-hydrogen) atoms. The van der Waals surface area contributed by atoms with Crippen LogP contribution in [0.15, 0.2) is 0 Å². The lowest BCUT2D eigenvalue weighted by Gasteiger charge is -2.11. The number of alkyl halides is 2. The van der Waals surface area contributed by atoms with Gasteiger partial charge in [0.15, 0.2) is 0 Å². The molecular formula is C10H13F2N3O2S. The molecule has 0 amide bonds. The largest absolute Gasteiger partial charge is 0.462 e. The van der Waals surface area contributed by atoms with Crippen LogP contribution < -0.4 is 5.32 Å². The van der Waals surface area contributed by atoms with Gasteiger partial charge in [0.05, 0.1) is 13.2 Å². The molecule has 0 unspecified atom stereocenters. The average molecular weight is 277 g/mol. The van der Waals surface area contributed by atoms with Crippen molar-refractivity contribution in [3.05, 3.63) is 16.0 Å². The molecule has 0 spiro atoms. The van der Waals surface area contributed by atoms with Gasteiger partial charge in [-0.15, -0.1) is 0 Å². The van der Waals surface area contributed by atoms with Gasteiger partial charge in [-0.1, -0.05) is 12.2 Å². The third-order valence-corrected chi connectivity index (χ3v) is 2.25. The highest BCUT2D eigenvalue weighted by molar-refractivity contribution is 7.71. The maximum atomic E-state index is 12.2. The van der Waals surface area contributed by atoms with E-state index in [0.717, 1.165) is 0 Å². The third-order valence-electron chi connectivity index (χ3n) is 1.95. The summed E-state index contributed by atoms with van der Waals surface area (Å²) in [5, 5.41) is 2.42. The lowest BCUT2D eigenvalue weighted by atomic mass is 10.3. The Hall–Kier alpha value is -1.57. The van der Waals surface area contributed by atoms with Gasteiger partial charge in [0, 0.05) is 0 Å². The molecule has 0 aliphatic rings. The summed E-state index contributed by atoms with van der Waals surface area (Å²) < 4.78 is 29.2. The van der Waals surface area contributed by atoms with Crippen LogP contribution in [-0.2, 0) is 4.74 Å². The fraction of sp³-hybridized carbons (Fsp3) is 0.500. The van der Waals surface area contributed by atoms with Gasteiger partial charge in [-0.25, -0.2) is 18.6 Å². The summed E-state index contributed by atoms with van der Waals surface area (Å²) in [6.45, 7) is 2.81. The Bertz CT molecular complexity index is 491. The van der Waals surface area contributed by atoms with Crippen LogP contribution in [0.1, 0.15) is 23.1 Å². The molecule has 0 aliphatic carbocycles. The van der Waals surface area contributed by atoms with Gasteiger partial charge in [0.1, 0.15) is 21.8 Å². The van der Waals surface area contributed by atoms with Crippen molar-refractivity contribution in [3.8, 4) is 0 Å². The van der Waals surface area contributed by atoms with Crippen molar-refractivity contribution in [2.45, 2.75) is 20.3 Å². The molecule has 0 bridgehead atoms. The number of halogens is 2. The Morgan fingerprint density at radius 2 is 2.28 bits per heavy atom. The van der Waals surface area contributed by atoms with Gasteiger partial charge >= 0.3 is 5.97 Å². The smallest absolute Gasteiger partial charge is 0.344 e. The van der Waals surface area contributed by atoms with Crippen LogP contribution in [-0.4, -0.2) is 35.5 Å². The zero-order chi connectivity index (χ0) is 13.7. The summed E-state index contributed by atoms with van der Waals surface area (Å²) in [5.74, 6) is -0.168. The van der Waals surface area contributed by atoms with Gasteiger partial charge < -0.3 is 15.0 Å². The second-order valence-electron chi connectivity index (χ2n) is 3.37. The SMILES string of the molecule is CCOC(=O)c1c(NCC(F)F)[nH]c(C)nc1=S. The molecule has 1 aromatic heterocycles. The normalized spacial score (nSPS) is 10.5. The van der Waals surface area contributed by atoms with Gasteiger partial charge in [0.2, 0.25) is 0 Å². The highest BCUT2D eigenvalue weighted by Crippen LogP contribution is 2.15. The first-order valence-electron chi connectivity index (χ1n) is 5.25. The quantitative estimate of drug-likeness (QED) is 0.638.